The lowest BCUT2D eigenvalue weighted by Crippen LogP contribution is -2.59. The van der Waals surface area contributed by atoms with Crippen LogP contribution in [0, 0.1) is 0 Å². The molecule has 2 fully saturated rings. The van der Waals surface area contributed by atoms with Gasteiger partial charge in [0.2, 0.25) is 0 Å². The van der Waals surface area contributed by atoms with E-state index in [1.54, 1.807) is 0 Å². The second-order valence-corrected chi connectivity index (χ2v) is 4.84. The number of hydrogen-bond acceptors (Lipinski definition) is 9. The molecule has 2 aliphatic heterocycles. The maximum atomic E-state index is 9.99. The van der Waals surface area contributed by atoms with Crippen molar-refractivity contribution >= 4 is 0 Å². The van der Waals surface area contributed by atoms with Crippen LogP contribution in [0.5, 0.6) is 0 Å². The van der Waals surface area contributed by atoms with E-state index in [0.29, 0.717) is 0 Å². The zero-order valence-corrected chi connectivity index (χ0v) is 10.9. The van der Waals surface area contributed by atoms with Crippen molar-refractivity contribution in [1.29, 1.82) is 0 Å². The summed E-state index contributed by atoms with van der Waals surface area (Å²) in [6.45, 7) is -0.337. The summed E-state index contributed by atoms with van der Waals surface area (Å²) in [7, 11) is 1.30. The Morgan fingerprint density at radius 2 is 1.60 bits per heavy atom. The number of rotatable bonds is 3. The molecule has 2 heterocycles. The molecule has 0 spiro atoms. The molecule has 0 saturated carbocycles. The van der Waals surface area contributed by atoms with Gasteiger partial charge >= 0.3 is 0 Å². The molecule has 9 heteroatoms. The Labute approximate surface area is 115 Å². The highest BCUT2D eigenvalue weighted by Crippen LogP contribution is 2.24. The lowest BCUT2D eigenvalue weighted by Gasteiger charge is -2.41. The van der Waals surface area contributed by atoms with Gasteiger partial charge in [-0.1, -0.05) is 0 Å². The fraction of sp³-hybridized carbons (Fsp3) is 1.00. The van der Waals surface area contributed by atoms with Crippen LogP contribution in [0.1, 0.15) is 0 Å². The standard InChI is InChI=1S/C11H20O9/c1-17-9-7(14)5(3-18-10(9)16)20-11-8(15)6(13)4(12)2-19-11/h4-16H,2-3H2,1H3/t4-,5-,6+,7+,8-,9-,10?,11+/m1/s1. The van der Waals surface area contributed by atoms with Crippen molar-refractivity contribution in [3.8, 4) is 0 Å². The van der Waals surface area contributed by atoms with Gasteiger partial charge in [-0.15, -0.1) is 0 Å². The Morgan fingerprint density at radius 3 is 2.25 bits per heavy atom. The van der Waals surface area contributed by atoms with Crippen molar-refractivity contribution in [3.05, 3.63) is 0 Å². The van der Waals surface area contributed by atoms with Crippen molar-refractivity contribution in [2.24, 2.45) is 0 Å². The van der Waals surface area contributed by atoms with Gasteiger partial charge in [-0.05, 0) is 0 Å². The van der Waals surface area contributed by atoms with E-state index >= 15 is 0 Å². The van der Waals surface area contributed by atoms with E-state index in [0.717, 1.165) is 0 Å². The van der Waals surface area contributed by atoms with Crippen molar-refractivity contribution in [3.63, 3.8) is 0 Å². The van der Waals surface area contributed by atoms with Gasteiger partial charge in [0.25, 0.3) is 0 Å². The fourth-order valence-corrected chi connectivity index (χ4v) is 2.21. The summed E-state index contributed by atoms with van der Waals surface area (Å²) in [4.78, 5) is 0. The molecule has 2 saturated heterocycles. The number of hydrogen-bond donors (Lipinski definition) is 5. The molecule has 2 rings (SSSR count). The van der Waals surface area contributed by atoms with Crippen LogP contribution in [0.2, 0.25) is 0 Å². The zero-order valence-electron chi connectivity index (χ0n) is 10.9. The molecule has 118 valence electrons. The van der Waals surface area contributed by atoms with Crippen molar-refractivity contribution in [1.82, 2.24) is 0 Å². The quantitative estimate of drug-likeness (QED) is 0.359. The predicted octanol–water partition coefficient (Wildman–Crippen LogP) is -3.46. The molecule has 0 aromatic carbocycles. The average Bonchev–Trinajstić information content (AvgIpc) is 2.43. The highest BCUT2D eigenvalue weighted by Gasteiger charge is 2.44. The largest absolute Gasteiger partial charge is 0.388 e. The van der Waals surface area contributed by atoms with Gasteiger partial charge in [0.1, 0.15) is 36.6 Å². The molecule has 8 atom stereocenters. The number of aliphatic hydroxyl groups excluding tert-OH is 5. The first-order valence-electron chi connectivity index (χ1n) is 6.27. The third-order valence-electron chi connectivity index (χ3n) is 3.47. The molecule has 0 amide bonds. The third-order valence-corrected chi connectivity index (χ3v) is 3.47. The molecule has 1 unspecified atom stereocenters. The Hall–Kier alpha value is -0.360. The maximum Gasteiger partial charge on any atom is 0.186 e. The lowest BCUT2D eigenvalue weighted by molar-refractivity contribution is -0.325. The van der Waals surface area contributed by atoms with Crippen LogP contribution in [0.3, 0.4) is 0 Å². The molecular weight excluding hydrogens is 276 g/mol. The summed E-state index contributed by atoms with van der Waals surface area (Å²) in [5.74, 6) is 0. The Morgan fingerprint density at radius 1 is 0.900 bits per heavy atom. The minimum atomic E-state index is -1.46. The minimum Gasteiger partial charge on any atom is -0.388 e. The summed E-state index contributed by atoms with van der Waals surface area (Å²) in [6, 6.07) is 0. The van der Waals surface area contributed by atoms with Crippen LogP contribution < -0.4 is 0 Å². The third kappa shape index (κ3) is 3.11. The van der Waals surface area contributed by atoms with Gasteiger partial charge in [-0.2, -0.15) is 0 Å². The molecule has 20 heavy (non-hydrogen) atoms. The molecule has 0 aromatic rings. The Kier molecular flexibility index (Phi) is 5.29. The number of ether oxygens (including phenoxy) is 4. The molecule has 0 radical (unpaired) electrons. The highest BCUT2D eigenvalue weighted by atomic mass is 16.7. The van der Waals surface area contributed by atoms with Gasteiger partial charge in [-0.3, -0.25) is 0 Å². The molecular formula is C11H20O9. The smallest absolute Gasteiger partial charge is 0.186 e. The van der Waals surface area contributed by atoms with Crippen LogP contribution >= 0.6 is 0 Å². The fourth-order valence-electron chi connectivity index (χ4n) is 2.21. The van der Waals surface area contributed by atoms with Crippen molar-refractivity contribution in [2.75, 3.05) is 20.3 Å². The van der Waals surface area contributed by atoms with Gasteiger partial charge in [0.05, 0.1) is 13.2 Å². The summed E-state index contributed by atoms with van der Waals surface area (Å²) in [5.41, 5.74) is 0. The van der Waals surface area contributed by atoms with E-state index in [9.17, 15) is 25.5 Å². The molecule has 5 N–H and O–H groups in total. The van der Waals surface area contributed by atoms with Crippen LogP contribution in [-0.4, -0.2) is 95.1 Å². The summed E-state index contributed by atoms with van der Waals surface area (Å²) >= 11 is 0. The summed E-state index contributed by atoms with van der Waals surface area (Å²) in [6.07, 6.45) is -9.66. The molecule has 0 aromatic heterocycles. The first-order chi connectivity index (χ1) is 9.45. The minimum absolute atomic E-state index is 0.132. The van der Waals surface area contributed by atoms with E-state index in [4.69, 9.17) is 18.9 Å². The van der Waals surface area contributed by atoms with E-state index in [1.165, 1.54) is 7.11 Å². The first-order valence-corrected chi connectivity index (χ1v) is 6.27. The van der Waals surface area contributed by atoms with Gasteiger partial charge in [0, 0.05) is 7.11 Å². The van der Waals surface area contributed by atoms with Gasteiger partial charge in [0.15, 0.2) is 12.6 Å². The van der Waals surface area contributed by atoms with E-state index in [2.05, 4.69) is 0 Å². The SMILES string of the molecule is CO[C@H]1C(O)OC[C@@H](O[C@@H]2OC[C@@H](O)[C@H](O)[C@H]2O)[C@@H]1O. The molecule has 2 aliphatic rings. The van der Waals surface area contributed by atoms with Crippen molar-refractivity contribution < 1.29 is 44.5 Å². The van der Waals surface area contributed by atoms with Crippen LogP contribution in [-0.2, 0) is 18.9 Å². The second-order valence-electron chi connectivity index (χ2n) is 4.84. The van der Waals surface area contributed by atoms with E-state index in [-0.39, 0.29) is 13.2 Å². The number of aliphatic hydroxyl groups is 5. The monoisotopic (exact) mass is 296 g/mol. The summed E-state index contributed by atoms with van der Waals surface area (Å²) < 4.78 is 20.3. The molecule has 0 bridgehead atoms. The highest BCUT2D eigenvalue weighted by molar-refractivity contribution is 4.87. The van der Waals surface area contributed by atoms with Gasteiger partial charge < -0.3 is 44.5 Å². The van der Waals surface area contributed by atoms with Crippen molar-refractivity contribution in [2.45, 2.75) is 49.2 Å². The molecule has 9 nitrogen and oxygen atoms in total. The average molecular weight is 296 g/mol. The Balaban J connectivity index is 1.96. The zero-order chi connectivity index (χ0) is 14.9. The summed E-state index contributed by atoms with van der Waals surface area (Å²) in [5, 5.41) is 48.1. The van der Waals surface area contributed by atoms with Crippen LogP contribution in [0.25, 0.3) is 0 Å². The Bertz CT molecular complexity index is 314. The van der Waals surface area contributed by atoms with Crippen LogP contribution in [0.15, 0.2) is 0 Å². The van der Waals surface area contributed by atoms with E-state index < -0.39 is 49.2 Å². The second kappa shape index (κ2) is 6.60. The van der Waals surface area contributed by atoms with Gasteiger partial charge in [-0.25, -0.2) is 0 Å². The maximum absolute atomic E-state index is 9.99. The predicted molar refractivity (Wildman–Crippen MR) is 61.4 cm³/mol. The van der Waals surface area contributed by atoms with E-state index in [1.807, 2.05) is 0 Å². The lowest BCUT2D eigenvalue weighted by atomic mass is 10.0. The van der Waals surface area contributed by atoms with Crippen LogP contribution in [0.4, 0.5) is 0 Å². The first kappa shape index (κ1) is 16.0. The molecule has 0 aliphatic carbocycles. The normalized spacial score (nSPS) is 50.1. The number of methoxy groups -OCH3 is 1. The topological polar surface area (TPSA) is 138 Å².